The number of nitrogens with one attached hydrogen (secondary N) is 2. The number of thiocarbonyl (C=S) groups is 1. The van der Waals surface area contributed by atoms with Crippen molar-refractivity contribution >= 4 is 28.9 Å². The molecule has 1 rings (SSSR count). The summed E-state index contributed by atoms with van der Waals surface area (Å²) in [6, 6.07) is 7.50. The third-order valence-electron chi connectivity index (χ3n) is 2.41. The molecule has 2 N–H and O–H groups in total. The lowest BCUT2D eigenvalue weighted by Gasteiger charge is -2.12. The van der Waals surface area contributed by atoms with Crippen molar-refractivity contribution < 1.29 is 9.53 Å². The van der Waals surface area contributed by atoms with Crippen LogP contribution >= 0.6 is 12.2 Å². The van der Waals surface area contributed by atoms with Crippen LogP contribution in [0.15, 0.2) is 24.3 Å². The fourth-order valence-corrected chi connectivity index (χ4v) is 1.83. The molecular weight excluding hydrogens is 272 g/mol. The summed E-state index contributed by atoms with van der Waals surface area (Å²) in [5.74, 6) is 1.02. The number of ether oxygens (including phenoxy) is 1. The van der Waals surface area contributed by atoms with Gasteiger partial charge in [0, 0.05) is 18.2 Å². The quantitative estimate of drug-likeness (QED) is 0.790. The molecule has 1 amide bonds. The van der Waals surface area contributed by atoms with Gasteiger partial charge in [-0.25, -0.2) is 0 Å². The molecule has 0 fully saturated rings. The minimum atomic E-state index is -0.0733. The van der Waals surface area contributed by atoms with Gasteiger partial charge >= 0.3 is 0 Å². The van der Waals surface area contributed by atoms with Crippen LogP contribution in [0.4, 0.5) is 5.69 Å². The van der Waals surface area contributed by atoms with Crippen molar-refractivity contribution in [3.05, 3.63) is 24.3 Å². The van der Waals surface area contributed by atoms with E-state index in [-0.39, 0.29) is 5.91 Å². The lowest BCUT2D eigenvalue weighted by Crippen LogP contribution is -2.34. The van der Waals surface area contributed by atoms with Crippen molar-refractivity contribution in [3.63, 3.8) is 0 Å². The molecule has 0 saturated heterocycles. The van der Waals surface area contributed by atoms with Crippen molar-refractivity contribution in [2.24, 2.45) is 5.92 Å². The maximum Gasteiger partial charge on any atom is 0.226 e. The van der Waals surface area contributed by atoms with Gasteiger partial charge < -0.3 is 15.4 Å². The number of hydrogen-bond donors (Lipinski definition) is 2. The van der Waals surface area contributed by atoms with E-state index in [1.807, 2.05) is 38.1 Å². The second-order valence-corrected chi connectivity index (χ2v) is 5.38. The van der Waals surface area contributed by atoms with Crippen LogP contribution in [0.5, 0.6) is 5.75 Å². The maximum absolute atomic E-state index is 11.6. The predicted octanol–water partition coefficient (Wildman–Crippen LogP) is 3.33. The van der Waals surface area contributed by atoms with Crippen molar-refractivity contribution in [1.29, 1.82) is 0 Å². The van der Waals surface area contributed by atoms with Crippen LogP contribution in [0.25, 0.3) is 0 Å². The van der Waals surface area contributed by atoms with Crippen LogP contribution in [0.2, 0.25) is 0 Å². The maximum atomic E-state index is 11.6. The highest BCUT2D eigenvalue weighted by Gasteiger charge is 2.07. The van der Waals surface area contributed by atoms with E-state index in [0.717, 1.165) is 17.9 Å². The van der Waals surface area contributed by atoms with E-state index in [0.29, 0.717) is 24.1 Å². The normalized spacial score (nSPS) is 10.2. The van der Waals surface area contributed by atoms with E-state index in [4.69, 9.17) is 17.0 Å². The van der Waals surface area contributed by atoms with Gasteiger partial charge in [0.05, 0.1) is 6.61 Å². The summed E-state index contributed by atoms with van der Waals surface area (Å²) < 4.78 is 5.54. The van der Waals surface area contributed by atoms with Crippen molar-refractivity contribution in [1.82, 2.24) is 5.32 Å². The molecule has 0 aromatic heterocycles. The Morgan fingerprint density at radius 1 is 1.40 bits per heavy atom. The third-order valence-corrected chi connectivity index (χ3v) is 2.62. The number of amides is 1. The molecule has 4 nitrogen and oxygen atoms in total. The predicted molar refractivity (Wildman–Crippen MR) is 86.0 cm³/mol. The number of rotatable bonds is 6. The van der Waals surface area contributed by atoms with Crippen molar-refractivity contribution in [2.75, 3.05) is 11.9 Å². The molecule has 0 aliphatic rings. The minimum absolute atomic E-state index is 0.0733. The summed E-state index contributed by atoms with van der Waals surface area (Å²) in [5, 5.41) is 5.95. The summed E-state index contributed by atoms with van der Waals surface area (Å²) in [5.41, 5.74) is 0.799. The fraction of sp³-hybridized carbons (Fsp3) is 0.467. The highest BCUT2D eigenvalue weighted by atomic mass is 32.1. The number of anilines is 1. The van der Waals surface area contributed by atoms with Gasteiger partial charge in [0.1, 0.15) is 5.75 Å². The Morgan fingerprint density at radius 3 is 2.80 bits per heavy atom. The Kier molecular flexibility index (Phi) is 7.01. The first-order chi connectivity index (χ1) is 9.51. The van der Waals surface area contributed by atoms with Gasteiger partial charge in [-0.3, -0.25) is 4.79 Å². The molecule has 0 aliphatic heterocycles. The summed E-state index contributed by atoms with van der Waals surface area (Å²) >= 11 is 5.11. The Hall–Kier alpha value is -1.62. The second-order valence-electron chi connectivity index (χ2n) is 4.98. The Morgan fingerprint density at radius 2 is 2.15 bits per heavy atom. The zero-order valence-electron chi connectivity index (χ0n) is 12.2. The van der Waals surface area contributed by atoms with E-state index in [1.54, 1.807) is 0 Å². The van der Waals surface area contributed by atoms with Crippen LogP contribution in [-0.4, -0.2) is 17.6 Å². The first-order valence-electron chi connectivity index (χ1n) is 6.85. The Bertz CT molecular complexity index is 461. The minimum Gasteiger partial charge on any atom is -0.494 e. The lowest BCUT2D eigenvalue weighted by molar-refractivity contribution is -0.120. The Labute approximate surface area is 125 Å². The van der Waals surface area contributed by atoms with Gasteiger partial charge in [0.2, 0.25) is 5.91 Å². The van der Waals surface area contributed by atoms with E-state index >= 15 is 0 Å². The molecule has 0 saturated carbocycles. The smallest absolute Gasteiger partial charge is 0.226 e. The zero-order valence-corrected chi connectivity index (χ0v) is 13.0. The molecule has 20 heavy (non-hydrogen) atoms. The molecule has 1 aromatic carbocycles. The topological polar surface area (TPSA) is 50.4 Å². The SMILES string of the molecule is CCCOc1cccc(NC(=S)NC(=O)CC(C)C)c1. The molecule has 110 valence electrons. The van der Waals surface area contributed by atoms with Crippen LogP contribution in [0.1, 0.15) is 33.6 Å². The molecule has 5 heteroatoms. The highest BCUT2D eigenvalue weighted by molar-refractivity contribution is 7.80. The molecule has 0 radical (unpaired) electrons. The van der Waals surface area contributed by atoms with Crippen LogP contribution in [0.3, 0.4) is 0 Å². The third kappa shape index (κ3) is 6.52. The average molecular weight is 294 g/mol. The average Bonchev–Trinajstić information content (AvgIpc) is 2.35. The molecule has 0 heterocycles. The first kappa shape index (κ1) is 16.4. The van der Waals surface area contributed by atoms with Crippen molar-refractivity contribution in [3.8, 4) is 5.75 Å². The van der Waals surface area contributed by atoms with Crippen LogP contribution in [0, 0.1) is 5.92 Å². The number of hydrogen-bond acceptors (Lipinski definition) is 3. The molecule has 1 aromatic rings. The number of carbonyl (C=O) groups excluding carboxylic acids is 1. The summed E-state index contributed by atoms with van der Waals surface area (Å²) in [4.78, 5) is 11.6. The fourth-order valence-electron chi connectivity index (χ4n) is 1.59. The zero-order chi connectivity index (χ0) is 15.0. The van der Waals surface area contributed by atoms with Gasteiger partial charge in [-0.05, 0) is 36.7 Å². The summed E-state index contributed by atoms with van der Waals surface area (Å²) in [7, 11) is 0. The second kappa shape index (κ2) is 8.53. The molecule has 0 spiro atoms. The first-order valence-corrected chi connectivity index (χ1v) is 7.25. The van der Waals surface area contributed by atoms with Gasteiger partial charge in [-0.2, -0.15) is 0 Å². The van der Waals surface area contributed by atoms with Gasteiger partial charge in [0.15, 0.2) is 5.11 Å². The van der Waals surface area contributed by atoms with Gasteiger partial charge in [-0.1, -0.05) is 26.8 Å². The number of benzene rings is 1. The molecule has 0 atom stereocenters. The molecule has 0 unspecified atom stereocenters. The van der Waals surface area contributed by atoms with E-state index in [2.05, 4.69) is 17.6 Å². The highest BCUT2D eigenvalue weighted by Crippen LogP contribution is 2.17. The van der Waals surface area contributed by atoms with E-state index in [1.165, 1.54) is 0 Å². The summed E-state index contributed by atoms with van der Waals surface area (Å²) in [6.07, 6.45) is 1.42. The van der Waals surface area contributed by atoms with Crippen LogP contribution < -0.4 is 15.4 Å². The monoisotopic (exact) mass is 294 g/mol. The van der Waals surface area contributed by atoms with Gasteiger partial charge in [0.25, 0.3) is 0 Å². The molecule has 0 bridgehead atoms. The molecule has 0 aliphatic carbocycles. The lowest BCUT2D eigenvalue weighted by atomic mass is 10.1. The summed E-state index contributed by atoms with van der Waals surface area (Å²) in [6.45, 7) is 6.72. The van der Waals surface area contributed by atoms with E-state index in [9.17, 15) is 4.79 Å². The van der Waals surface area contributed by atoms with Crippen LogP contribution in [-0.2, 0) is 4.79 Å². The van der Waals surface area contributed by atoms with E-state index < -0.39 is 0 Å². The largest absolute Gasteiger partial charge is 0.494 e. The van der Waals surface area contributed by atoms with Gasteiger partial charge in [-0.15, -0.1) is 0 Å². The Balaban J connectivity index is 2.51. The molecular formula is C15H22N2O2S. The van der Waals surface area contributed by atoms with Crippen molar-refractivity contribution in [2.45, 2.75) is 33.6 Å². The standard InChI is InChI=1S/C15H22N2O2S/c1-4-8-19-13-7-5-6-12(10-13)16-15(20)17-14(18)9-11(2)3/h5-7,10-11H,4,8-9H2,1-3H3,(H2,16,17,18,20). The number of carbonyl (C=O) groups is 1.